The molecule has 1 heterocycles. The number of nitrogens with zero attached hydrogens (tertiary/aromatic N) is 2. The molecule has 2 aromatic rings. The van der Waals surface area contributed by atoms with Crippen LogP contribution >= 0.6 is 11.6 Å². The summed E-state index contributed by atoms with van der Waals surface area (Å²) in [7, 11) is 1.02. The molecule has 0 aromatic heterocycles. The Morgan fingerprint density at radius 3 is 2.16 bits per heavy atom. The van der Waals surface area contributed by atoms with E-state index in [1.165, 1.54) is 17.0 Å². The molecule has 0 fully saturated rings. The molecule has 2 N–H and O–H groups in total. The van der Waals surface area contributed by atoms with Crippen molar-refractivity contribution in [3.05, 3.63) is 57.6 Å². The second-order valence-corrected chi connectivity index (χ2v) is 9.05. The van der Waals surface area contributed by atoms with Crippen molar-refractivity contribution in [2.45, 2.75) is 51.2 Å². The van der Waals surface area contributed by atoms with Crippen molar-refractivity contribution in [1.29, 1.82) is 0 Å². The van der Waals surface area contributed by atoms with Gasteiger partial charge in [0.15, 0.2) is 0 Å². The third kappa shape index (κ3) is 6.03. The summed E-state index contributed by atoms with van der Waals surface area (Å²) in [6.45, 7) is 2.61. The van der Waals surface area contributed by atoms with E-state index in [0.717, 1.165) is 12.0 Å². The van der Waals surface area contributed by atoms with Gasteiger partial charge in [-0.25, -0.2) is 9.59 Å². The fourth-order valence-electron chi connectivity index (χ4n) is 4.44. The van der Waals surface area contributed by atoms with E-state index < -0.39 is 59.9 Å². The normalized spacial score (nSPS) is 17.6. The van der Waals surface area contributed by atoms with Crippen molar-refractivity contribution >= 4 is 35.2 Å². The Morgan fingerprint density at radius 1 is 1.08 bits per heavy atom. The first-order chi connectivity index (χ1) is 17.6. The number of halogens is 7. The van der Waals surface area contributed by atoms with Gasteiger partial charge in [0, 0.05) is 23.2 Å². The molecule has 14 heteroatoms. The lowest BCUT2D eigenvalue weighted by atomic mass is 9.89. The van der Waals surface area contributed by atoms with Gasteiger partial charge in [-0.1, -0.05) is 11.6 Å². The van der Waals surface area contributed by atoms with Crippen LogP contribution in [-0.4, -0.2) is 36.8 Å². The standard InChI is InChI=1S/C24H24ClF6N3O4/c1-4-38-22(36)34-12(2)5-19(17-9-16(25)10-18(32)20(17)34)33(21(35)37-3)11-13-6-14(23(26,27)28)8-15(7-13)24(29,30)31/h6-10,12,19H,4-5,11,32H2,1-3H3. The number of amides is 2. The van der Waals surface area contributed by atoms with Gasteiger partial charge in [-0.2, -0.15) is 26.3 Å². The van der Waals surface area contributed by atoms with Crippen LogP contribution in [0.4, 0.5) is 47.3 Å². The number of hydrogen-bond acceptors (Lipinski definition) is 5. The van der Waals surface area contributed by atoms with Gasteiger partial charge in [-0.15, -0.1) is 0 Å². The first kappa shape index (κ1) is 29.2. The number of fused-ring (bicyclic) bond motifs is 1. The van der Waals surface area contributed by atoms with Gasteiger partial charge in [0.1, 0.15) is 0 Å². The summed E-state index contributed by atoms with van der Waals surface area (Å²) in [4.78, 5) is 27.8. The second-order valence-electron chi connectivity index (χ2n) is 8.61. The number of carbonyl (C=O) groups excluding carboxylic acids is 2. The van der Waals surface area contributed by atoms with Gasteiger partial charge in [-0.05, 0) is 56.2 Å². The number of anilines is 2. The Hall–Kier alpha value is -3.35. The summed E-state index contributed by atoms with van der Waals surface area (Å²) in [6.07, 6.45) is -11.9. The fourth-order valence-corrected chi connectivity index (χ4v) is 4.67. The second kappa shape index (κ2) is 10.8. The minimum absolute atomic E-state index is 0.00164. The monoisotopic (exact) mass is 567 g/mol. The Bertz CT molecular complexity index is 1190. The summed E-state index contributed by atoms with van der Waals surface area (Å²) in [5.41, 5.74) is 3.15. The molecular formula is C24H24ClF6N3O4. The molecule has 1 aliphatic heterocycles. The number of nitrogen functional groups attached to an aromatic ring is 1. The van der Waals surface area contributed by atoms with Crippen LogP contribution in [0.1, 0.15) is 48.6 Å². The number of hydrogen-bond donors (Lipinski definition) is 1. The number of nitrogens with two attached hydrogens (primary N) is 1. The SMILES string of the molecule is CCOC(=O)N1c2c(N)cc(Cl)cc2C(N(Cc2cc(C(F)(F)F)cc(C(F)(F)F)c2)C(=O)OC)CC1C. The molecule has 0 bridgehead atoms. The lowest BCUT2D eigenvalue weighted by molar-refractivity contribution is -0.143. The van der Waals surface area contributed by atoms with E-state index in [2.05, 4.69) is 0 Å². The molecule has 0 aliphatic carbocycles. The van der Waals surface area contributed by atoms with Crippen LogP contribution in [-0.2, 0) is 28.4 Å². The van der Waals surface area contributed by atoms with Crippen LogP contribution in [0, 0.1) is 0 Å². The molecule has 2 atom stereocenters. The van der Waals surface area contributed by atoms with Crippen LogP contribution in [0.2, 0.25) is 5.02 Å². The zero-order valence-corrected chi connectivity index (χ0v) is 21.2. The molecule has 208 valence electrons. The third-order valence-corrected chi connectivity index (χ3v) is 6.21. The highest BCUT2D eigenvalue weighted by Crippen LogP contribution is 2.46. The van der Waals surface area contributed by atoms with Crippen LogP contribution in [0.25, 0.3) is 0 Å². The van der Waals surface area contributed by atoms with Crippen LogP contribution in [0.5, 0.6) is 0 Å². The molecule has 2 aromatic carbocycles. The smallest absolute Gasteiger partial charge is 0.416 e. The predicted octanol–water partition coefficient (Wildman–Crippen LogP) is 7.02. The minimum atomic E-state index is -5.07. The number of methoxy groups -OCH3 is 1. The molecule has 2 amide bonds. The average Bonchev–Trinajstić information content (AvgIpc) is 2.80. The summed E-state index contributed by atoms with van der Waals surface area (Å²) in [5, 5.41) is 0.132. The topological polar surface area (TPSA) is 85.1 Å². The summed E-state index contributed by atoms with van der Waals surface area (Å²) in [6, 6.07) is 2.23. The highest BCUT2D eigenvalue weighted by atomic mass is 35.5. The number of ether oxygens (including phenoxy) is 2. The number of benzene rings is 2. The zero-order chi connectivity index (χ0) is 28.6. The average molecular weight is 568 g/mol. The molecular weight excluding hydrogens is 544 g/mol. The third-order valence-electron chi connectivity index (χ3n) is 5.99. The van der Waals surface area contributed by atoms with E-state index >= 15 is 0 Å². The quantitative estimate of drug-likeness (QED) is 0.317. The van der Waals surface area contributed by atoms with Gasteiger partial charge >= 0.3 is 24.5 Å². The van der Waals surface area contributed by atoms with Crippen molar-refractivity contribution in [1.82, 2.24) is 4.90 Å². The molecule has 2 unspecified atom stereocenters. The van der Waals surface area contributed by atoms with Crippen LogP contribution in [0.15, 0.2) is 30.3 Å². The van der Waals surface area contributed by atoms with Gasteiger partial charge < -0.3 is 15.2 Å². The van der Waals surface area contributed by atoms with Crippen LogP contribution < -0.4 is 10.6 Å². The molecule has 0 saturated carbocycles. The van der Waals surface area contributed by atoms with Crippen molar-refractivity contribution in [2.75, 3.05) is 24.4 Å². The van der Waals surface area contributed by atoms with Crippen molar-refractivity contribution < 1.29 is 45.4 Å². The van der Waals surface area contributed by atoms with E-state index in [1.807, 2.05) is 0 Å². The molecule has 0 spiro atoms. The van der Waals surface area contributed by atoms with Gasteiger partial charge in [0.2, 0.25) is 0 Å². The Balaban J connectivity index is 2.17. The molecule has 38 heavy (non-hydrogen) atoms. The number of alkyl halides is 6. The van der Waals surface area contributed by atoms with Gasteiger partial charge in [0.25, 0.3) is 0 Å². The van der Waals surface area contributed by atoms with Crippen LogP contribution in [0.3, 0.4) is 0 Å². The minimum Gasteiger partial charge on any atom is -0.453 e. The largest absolute Gasteiger partial charge is 0.453 e. The Labute approximate surface area is 219 Å². The molecule has 0 saturated heterocycles. The van der Waals surface area contributed by atoms with Crippen molar-refractivity contribution in [2.24, 2.45) is 0 Å². The highest BCUT2D eigenvalue weighted by Gasteiger charge is 2.42. The maximum Gasteiger partial charge on any atom is 0.416 e. The lowest BCUT2D eigenvalue weighted by Gasteiger charge is -2.43. The van der Waals surface area contributed by atoms with E-state index in [0.29, 0.717) is 12.1 Å². The summed E-state index contributed by atoms with van der Waals surface area (Å²) >= 11 is 6.19. The Morgan fingerprint density at radius 2 is 1.66 bits per heavy atom. The van der Waals surface area contributed by atoms with E-state index in [4.69, 9.17) is 26.8 Å². The van der Waals surface area contributed by atoms with E-state index in [-0.39, 0.29) is 41.1 Å². The van der Waals surface area contributed by atoms with Crippen molar-refractivity contribution in [3.8, 4) is 0 Å². The fraction of sp³-hybridized carbons (Fsp3) is 0.417. The maximum absolute atomic E-state index is 13.4. The first-order valence-corrected chi connectivity index (χ1v) is 11.6. The number of rotatable bonds is 4. The van der Waals surface area contributed by atoms with Gasteiger partial charge in [-0.3, -0.25) is 9.80 Å². The zero-order valence-electron chi connectivity index (χ0n) is 20.4. The predicted molar refractivity (Wildman–Crippen MR) is 127 cm³/mol. The van der Waals surface area contributed by atoms with Crippen molar-refractivity contribution in [3.63, 3.8) is 0 Å². The Kier molecular flexibility index (Phi) is 8.30. The summed E-state index contributed by atoms with van der Waals surface area (Å²) < 4.78 is 90.5. The first-order valence-electron chi connectivity index (χ1n) is 11.3. The van der Waals surface area contributed by atoms with E-state index in [9.17, 15) is 35.9 Å². The molecule has 0 radical (unpaired) electrons. The molecule has 3 rings (SSSR count). The lowest BCUT2D eigenvalue weighted by Crippen LogP contribution is -2.48. The number of carbonyl (C=O) groups is 2. The van der Waals surface area contributed by atoms with Gasteiger partial charge in [0.05, 0.1) is 42.3 Å². The highest BCUT2D eigenvalue weighted by molar-refractivity contribution is 6.31. The molecule has 7 nitrogen and oxygen atoms in total. The molecule has 1 aliphatic rings. The van der Waals surface area contributed by atoms with E-state index in [1.54, 1.807) is 13.8 Å². The maximum atomic E-state index is 13.4. The summed E-state index contributed by atoms with van der Waals surface area (Å²) in [5.74, 6) is 0.